The number of hydrogen-bond acceptors (Lipinski definition) is 3. The maximum atomic E-state index is 12.0. The highest BCUT2D eigenvalue weighted by Crippen LogP contribution is 2.17. The van der Waals surface area contributed by atoms with Gasteiger partial charge >= 0.3 is 5.97 Å². The van der Waals surface area contributed by atoms with Crippen LogP contribution in [0.25, 0.3) is 0 Å². The Morgan fingerprint density at radius 1 is 1.24 bits per heavy atom. The van der Waals surface area contributed by atoms with Gasteiger partial charge in [0.25, 0.3) is 11.3 Å². The standard InChI is InChI=1S/C15H15NO4S/c1-11-9-13(16-21(18)19)7-8-14(11)15(17)20-10-12-5-3-2-4-6-12/h2-9,16H,10H2,1H3,(H,18,19). The number of carbonyl (C=O) groups is 1. The van der Waals surface area contributed by atoms with E-state index in [0.717, 1.165) is 5.56 Å². The quantitative estimate of drug-likeness (QED) is 0.658. The van der Waals surface area contributed by atoms with Gasteiger partial charge in [0, 0.05) is 5.69 Å². The first-order chi connectivity index (χ1) is 10.1. The Morgan fingerprint density at radius 2 is 1.95 bits per heavy atom. The fraction of sp³-hybridized carbons (Fsp3) is 0.133. The lowest BCUT2D eigenvalue weighted by molar-refractivity contribution is 0.0472. The number of aryl methyl sites for hydroxylation is 1. The molecular weight excluding hydrogens is 290 g/mol. The van der Waals surface area contributed by atoms with Gasteiger partial charge in [0.2, 0.25) is 0 Å². The van der Waals surface area contributed by atoms with Crippen LogP contribution in [0.5, 0.6) is 0 Å². The summed E-state index contributed by atoms with van der Waals surface area (Å²) in [7, 11) is 0. The Balaban J connectivity index is 2.04. The Morgan fingerprint density at radius 3 is 2.57 bits per heavy atom. The minimum Gasteiger partial charge on any atom is -0.457 e. The second-order valence-corrected chi connectivity index (χ2v) is 5.15. The van der Waals surface area contributed by atoms with E-state index in [0.29, 0.717) is 16.8 Å². The van der Waals surface area contributed by atoms with Crippen molar-refractivity contribution in [1.82, 2.24) is 0 Å². The maximum Gasteiger partial charge on any atom is 0.338 e. The molecule has 2 N–H and O–H groups in total. The van der Waals surface area contributed by atoms with Gasteiger partial charge in [-0.25, -0.2) is 9.00 Å². The maximum absolute atomic E-state index is 12.0. The first-order valence-corrected chi connectivity index (χ1v) is 7.36. The van der Waals surface area contributed by atoms with E-state index in [1.54, 1.807) is 25.1 Å². The van der Waals surface area contributed by atoms with Crippen molar-refractivity contribution >= 4 is 22.9 Å². The van der Waals surface area contributed by atoms with Crippen LogP contribution in [0.2, 0.25) is 0 Å². The number of rotatable bonds is 5. The monoisotopic (exact) mass is 305 g/mol. The topological polar surface area (TPSA) is 75.6 Å². The number of nitrogens with one attached hydrogen (secondary N) is 1. The zero-order valence-corrected chi connectivity index (χ0v) is 12.2. The van der Waals surface area contributed by atoms with Gasteiger partial charge in [0.1, 0.15) is 6.61 Å². The molecule has 0 aliphatic rings. The van der Waals surface area contributed by atoms with Crippen LogP contribution in [-0.2, 0) is 22.6 Å². The van der Waals surface area contributed by atoms with Gasteiger partial charge < -0.3 is 4.74 Å². The first kappa shape index (κ1) is 15.2. The summed E-state index contributed by atoms with van der Waals surface area (Å²) < 4.78 is 27.0. The van der Waals surface area contributed by atoms with E-state index >= 15 is 0 Å². The van der Waals surface area contributed by atoms with Crippen LogP contribution >= 0.6 is 0 Å². The molecule has 0 fully saturated rings. The van der Waals surface area contributed by atoms with Crippen molar-refractivity contribution in [2.45, 2.75) is 13.5 Å². The van der Waals surface area contributed by atoms with E-state index in [1.165, 1.54) is 0 Å². The van der Waals surface area contributed by atoms with Crippen LogP contribution in [0, 0.1) is 6.92 Å². The van der Waals surface area contributed by atoms with Crippen molar-refractivity contribution < 1.29 is 18.3 Å². The molecule has 0 saturated carbocycles. The van der Waals surface area contributed by atoms with E-state index in [-0.39, 0.29) is 6.61 Å². The third kappa shape index (κ3) is 4.40. The summed E-state index contributed by atoms with van der Waals surface area (Å²) in [5.74, 6) is -0.423. The van der Waals surface area contributed by atoms with Gasteiger partial charge in [0.05, 0.1) is 5.56 Å². The Labute approximate surface area is 125 Å². The molecule has 0 heterocycles. The summed E-state index contributed by atoms with van der Waals surface area (Å²) in [5, 5.41) is 0. The van der Waals surface area contributed by atoms with E-state index in [9.17, 15) is 9.00 Å². The molecule has 0 bridgehead atoms. The molecule has 0 saturated heterocycles. The molecule has 2 aromatic rings. The Hall–Kier alpha value is -2.18. The molecule has 110 valence electrons. The Bertz CT molecular complexity index is 658. The molecule has 0 spiro atoms. The fourth-order valence-corrected chi connectivity index (χ4v) is 2.19. The van der Waals surface area contributed by atoms with Gasteiger partial charge in [-0.1, -0.05) is 30.3 Å². The Kier molecular flexibility index (Phi) is 5.08. The molecule has 2 aromatic carbocycles. The summed E-state index contributed by atoms with van der Waals surface area (Å²) in [6.45, 7) is 1.95. The van der Waals surface area contributed by atoms with Crippen molar-refractivity contribution in [3.63, 3.8) is 0 Å². The highest BCUT2D eigenvalue weighted by molar-refractivity contribution is 7.80. The van der Waals surface area contributed by atoms with Crippen LogP contribution in [0.4, 0.5) is 5.69 Å². The number of ether oxygens (including phenoxy) is 1. The zero-order valence-electron chi connectivity index (χ0n) is 11.4. The molecule has 5 nitrogen and oxygen atoms in total. The highest BCUT2D eigenvalue weighted by atomic mass is 32.2. The lowest BCUT2D eigenvalue weighted by Crippen LogP contribution is -2.08. The van der Waals surface area contributed by atoms with E-state index < -0.39 is 17.2 Å². The first-order valence-electron chi connectivity index (χ1n) is 6.25. The molecule has 2 rings (SSSR count). The summed E-state index contributed by atoms with van der Waals surface area (Å²) in [6, 6.07) is 14.2. The average molecular weight is 305 g/mol. The SMILES string of the molecule is Cc1cc(NS(=O)O)ccc1C(=O)OCc1ccccc1. The molecule has 1 atom stereocenters. The predicted molar refractivity (Wildman–Crippen MR) is 81.1 cm³/mol. The third-order valence-corrected chi connectivity index (χ3v) is 3.27. The van der Waals surface area contributed by atoms with Gasteiger partial charge in [0.15, 0.2) is 0 Å². The van der Waals surface area contributed by atoms with Crippen LogP contribution in [0.3, 0.4) is 0 Å². The van der Waals surface area contributed by atoms with Crippen molar-refractivity contribution in [2.75, 3.05) is 4.72 Å². The van der Waals surface area contributed by atoms with Crippen LogP contribution in [-0.4, -0.2) is 14.7 Å². The van der Waals surface area contributed by atoms with Crippen molar-refractivity contribution in [2.24, 2.45) is 0 Å². The largest absolute Gasteiger partial charge is 0.457 e. The van der Waals surface area contributed by atoms with Gasteiger partial charge in [-0.2, -0.15) is 0 Å². The number of hydrogen-bond donors (Lipinski definition) is 2. The molecule has 0 radical (unpaired) electrons. The van der Waals surface area contributed by atoms with E-state index in [2.05, 4.69) is 4.72 Å². The number of esters is 1. The highest BCUT2D eigenvalue weighted by Gasteiger charge is 2.11. The molecule has 0 aliphatic carbocycles. The van der Waals surface area contributed by atoms with Crippen LogP contribution in [0.1, 0.15) is 21.5 Å². The van der Waals surface area contributed by atoms with Crippen molar-refractivity contribution in [1.29, 1.82) is 0 Å². The molecular formula is C15H15NO4S. The summed E-state index contributed by atoms with van der Waals surface area (Å²) in [6.07, 6.45) is 0. The normalized spacial score (nSPS) is 11.7. The van der Waals surface area contributed by atoms with Gasteiger partial charge in [-0.05, 0) is 36.2 Å². The molecule has 6 heteroatoms. The average Bonchev–Trinajstić information content (AvgIpc) is 2.45. The zero-order chi connectivity index (χ0) is 15.2. The second kappa shape index (κ2) is 7.01. The van der Waals surface area contributed by atoms with Crippen LogP contribution < -0.4 is 4.72 Å². The second-order valence-electron chi connectivity index (χ2n) is 4.44. The lowest BCUT2D eigenvalue weighted by Gasteiger charge is -2.09. The molecule has 0 aliphatic heterocycles. The van der Waals surface area contributed by atoms with Gasteiger partial charge in [-0.3, -0.25) is 9.27 Å². The van der Waals surface area contributed by atoms with E-state index in [1.807, 2.05) is 30.3 Å². The third-order valence-electron chi connectivity index (χ3n) is 2.86. The fourth-order valence-electron chi connectivity index (χ4n) is 1.86. The molecule has 0 aromatic heterocycles. The smallest absolute Gasteiger partial charge is 0.338 e. The number of anilines is 1. The molecule has 1 unspecified atom stereocenters. The minimum atomic E-state index is -2.14. The number of benzene rings is 2. The lowest BCUT2D eigenvalue weighted by atomic mass is 10.1. The predicted octanol–water partition coefficient (Wildman–Crippen LogP) is 2.90. The summed E-state index contributed by atoms with van der Waals surface area (Å²) >= 11 is -2.14. The molecule has 0 amide bonds. The number of carbonyl (C=O) groups excluding carboxylic acids is 1. The van der Waals surface area contributed by atoms with Crippen LogP contribution in [0.15, 0.2) is 48.5 Å². The van der Waals surface area contributed by atoms with E-state index in [4.69, 9.17) is 9.29 Å². The molecule has 21 heavy (non-hydrogen) atoms. The van der Waals surface area contributed by atoms with Crippen molar-refractivity contribution in [3.8, 4) is 0 Å². The summed E-state index contributed by atoms with van der Waals surface area (Å²) in [4.78, 5) is 12.0. The summed E-state index contributed by atoms with van der Waals surface area (Å²) in [5.41, 5.74) is 2.48. The van der Waals surface area contributed by atoms with Crippen molar-refractivity contribution in [3.05, 3.63) is 65.2 Å². The van der Waals surface area contributed by atoms with Gasteiger partial charge in [-0.15, -0.1) is 0 Å². The minimum absolute atomic E-state index is 0.208.